The van der Waals surface area contributed by atoms with Gasteiger partial charge >= 0.3 is 0 Å². The van der Waals surface area contributed by atoms with Gasteiger partial charge in [0, 0.05) is 0 Å². The van der Waals surface area contributed by atoms with Crippen molar-refractivity contribution in [3.8, 4) is 6.07 Å². The molecular formula is C17H16N2O2S. The summed E-state index contributed by atoms with van der Waals surface area (Å²) >= 11 is 0. The number of nitriles is 1. The molecule has 0 fully saturated rings. The Morgan fingerprint density at radius 3 is 2.50 bits per heavy atom. The lowest BCUT2D eigenvalue weighted by Gasteiger charge is -2.12. The zero-order chi connectivity index (χ0) is 16.2. The largest absolute Gasteiger partial charge is 0.279 e. The molecule has 2 rings (SSSR count). The first kappa shape index (κ1) is 15.8. The van der Waals surface area contributed by atoms with Crippen LogP contribution in [0.15, 0.2) is 60.0 Å². The number of hydrogen-bond acceptors (Lipinski definition) is 3. The van der Waals surface area contributed by atoms with E-state index in [1.807, 2.05) is 13.0 Å². The molecule has 22 heavy (non-hydrogen) atoms. The molecule has 0 atom stereocenters. The topological polar surface area (TPSA) is 70.0 Å². The van der Waals surface area contributed by atoms with Crippen molar-refractivity contribution in [1.29, 1.82) is 5.26 Å². The SMILES string of the molecule is C=CCc1ccc(C#N)cc1NS(=O)(=O)c1ccc(C)cc1. The zero-order valence-electron chi connectivity index (χ0n) is 12.2. The molecule has 0 saturated carbocycles. The summed E-state index contributed by atoms with van der Waals surface area (Å²) < 4.78 is 27.5. The summed E-state index contributed by atoms with van der Waals surface area (Å²) in [7, 11) is -3.69. The summed E-state index contributed by atoms with van der Waals surface area (Å²) in [5, 5.41) is 8.98. The summed E-state index contributed by atoms with van der Waals surface area (Å²) in [5.41, 5.74) is 2.55. The van der Waals surface area contributed by atoms with Gasteiger partial charge < -0.3 is 0 Å². The van der Waals surface area contributed by atoms with Crippen LogP contribution in [-0.2, 0) is 16.4 Å². The maximum atomic E-state index is 12.4. The second-order valence-corrected chi connectivity index (χ2v) is 6.58. The van der Waals surface area contributed by atoms with E-state index in [0.717, 1.165) is 11.1 Å². The number of aryl methyl sites for hydroxylation is 1. The van der Waals surface area contributed by atoms with Gasteiger partial charge in [0.05, 0.1) is 22.2 Å². The lowest BCUT2D eigenvalue weighted by Crippen LogP contribution is -2.14. The van der Waals surface area contributed by atoms with Crippen LogP contribution >= 0.6 is 0 Å². The lowest BCUT2D eigenvalue weighted by atomic mass is 10.1. The maximum absolute atomic E-state index is 12.4. The van der Waals surface area contributed by atoms with Crippen LogP contribution < -0.4 is 4.72 Å². The van der Waals surface area contributed by atoms with E-state index in [-0.39, 0.29) is 4.90 Å². The van der Waals surface area contributed by atoms with Crippen LogP contribution in [0.5, 0.6) is 0 Å². The number of sulfonamides is 1. The molecule has 5 heteroatoms. The fourth-order valence-electron chi connectivity index (χ4n) is 2.00. The van der Waals surface area contributed by atoms with Gasteiger partial charge in [0.2, 0.25) is 0 Å². The molecule has 0 bridgehead atoms. The van der Waals surface area contributed by atoms with Crippen molar-refractivity contribution in [3.05, 3.63) is 71.8 Å². The van der Waals surface area contributed by atoms with E-state index in [2.05, 4.69) is 11.3 Å². The van der Waals surface area contributed by atoms with Crippen molar-refractivity contribution in [1.82, 2.24) is 0 Å². The normalized spacial score (nSPS) is 10.7. The first-order chi connectivity index (χ1) is 10.5. The van der Waals surface area contributed by atoms with Crippen molar-refractivity contribution in [2.24, 2.45) is 0 Å². The first-order valence-electron chi connectivity index (χ1n) is 6.69. The van der Waals surface area contributed by atoms with Gasteiger partial charge in [-0.15, -0.1) is 6.58 Å². The number of benzene rings is 2. The zero-order valence-corrected chi connectivity index (χ0v) is 13.0. The molecule has 2 aromatic rings. The average Bonchev–Trinajstić information content (AvgIpc) is 2.49. The molecule has 4 nitrogen and oxygen atoms in total. The molecule has 0 aliphatic heterocycles. The Balaban J connectivity index is 2.42. The summed E-state index contributed by atoms with van der Waals surface area (Å²) in [5.74, 6) is 0. The van der Waals surface area contributed by atoms with Crippen LogP contribution in [0, 0.1) is 18.3 Å². The van der Waals surface area contributed by atoms with E-state index in [1.165, 1.54) is 6.07 Å². The Morgan fingerprint density at radius 2 is 1.91 bits per heavy atom. The van der Waals surface area contributed by atoms with Crippen molar-refractivity contribution >= 4 is 15.7 Å². The standard InChI is InChI=1S/C17H16N2O2S/c1-3-4-15-8-7-14(12-18)11-17(15)19-22(20,21)16-9-5-13(2)6-10-16/h3,5-11,19H,1,4H2,2H3. The predicted octanol–water partition coefficient (Wildman–Crippen LogP) is 3.40. The highest BCUT2D eigenvalue weighted by Crippen LogP contribution is 2.22. The molecule has 0 saturated heterocycles. The molecule has 2 aromatic carbocycles. The summed E-state index contributed by atoms with van der Waals surface area (Å²) in [6.45, 7) is 5.55. The van der Waals surface area contributed by atoms with Crippen LogP contribution in [0.4, 0.5) is 5.69 Å². The highest BCUT2D eigenvalue weighted by atomic mass is 32.2. The highest BCUT2D eigenvalue weighted by Gasteiger charge is 2.16. The number of nitrogens with one attached hydrogen (secondary N) is 1. The number of rotatable bonds is 5. The lowest BCUT2D eigenvalue weighted by molar-refractivity contribution is 0.601. The van der Waals surface area contributed by atoms with Gasteiger partial charge in [-0.05, 0) is 43.2 Å². The van der Waals surface area contributed by atoms with Crippen LogP contribution in [0.2, 0.25) is 0 Å². The Morgan fingerprint density at radius 1 is 1.23 bits per heavy atom. The molecule has 0 heterocycles. The maximum Gasteiger partial charge on any atom is 0.261 e. The minimum absolute atomic E-state index is 0.185. The molecule has 0 aliphatic rings. The van der Waals surface area contributed by atoms with Crippen LogP contribution in [0.3, 0.4) is 0 Å². The van der Waals surface area contributed by atoms with Gasteiger partial charge in [0.25, 0.3) is 10.0 Å². The fourth-order valence-corrected chi connectivity index (χ4v) is 3.09. The van der Waals surface area contributed by atoms with Crippen LogP contribution in [0.1, 0.15) is 16.7 Å². The van der Waals surface area contributed by atoms with Crippen molar-refractivity contribution in [3.63, 3.8) is 0 Å². The van der Waals surface area contributed by atoms with Crippen LogP contribution in [-0.4, -0.2) is 8.42 Å². The number of anilines is 1. The molecule has 112 valence electrons. The molecule has 0 aliphatic carbocycles. The van der Waals surface area contributed by atoms with E-state index >= 15 is 0 Å². The third-order valence-corrected chi connectivity index (χ3v) is 4.56. The highest BCUT2D eigenvalue weighted by molar-refractivity contribution is 7.92. The second kappa shape index (κ2) is 6.46. The third kappa shape index (κ3) is 3.54. The molecule has 0 aromatic heterocycles. The summed E-state index contributed by atoms with van der Waals surface area (Å²) in [6.07, 6.45) is 2.20. The van der Waals surface area contributed by atoms with Crippen molar-refractivity contribution in [2.75, 3.05) is 4.72 Å². The first-order valence-corrected chi connectivity index (χ1v) is 8.18. The second-order valence-electron chi connectivity index (χ2n) is 4.90. The molecule has 0 amide bonds. The smallest absolute Gasteiger partial charge is 0.261 e. The molecular weight excluding hydrogens is 296 g/mol. The van der Waals surface area contributed by atoms with Gasteiger partial charge in [0.15, 0.2) is 0 Å². The van der Waals surface area contributed by atoms with E-state index in [0.29, 0.717) is 17.7 Å². The molecule has 0 unspecified atom stereocenters. The Labute approximate surface area is 130 Å². The molecule has 0 radical (unpaired) electrons. The summed E-state index contributed by atoms with van der Waals surface area (Å²) in [6, 6.07) is 13.5. The molecule has 1 N–H and O–H groups in total. The fraction of sp³-hybridized carbons (Fsp3) is 0.118. The van der Waals surface area contributed by atoms with E-state index < -0.39 is 10.0 Å². The van der Waals surface area contributed by atoms with Gasteiger partial charge in [-0.25, -0.2) is 8.42 Å². The van der Waals surface area contributed by atoms with E-state index in [1.54, 1.807) is 42.5 Å². The minimum Gasteiger partial charge on any atom is -0.279 e. The van der Waals surface area contributed by atoms with Crippen LogP contribution in [0.25, 0.3) is 0 Å². The van der Waals surface area contributed by atoms with Gasteiger partial charge in [-0.1, -0.05) is 29.8 Å². The number of nitrogens with zero attached hydrogens (tertiary/aromatic N) is 1. The quantitative estimate of drug-likeness (QED) is 0.860. The monoisotopic (exact) mass is 312 g/mol. The number of hydrogen-bond donors (Lipinski definition) is 1. The predicted molar refractivity (Wildman–Crippen MR) is 87.0 cm³/mol. The Bertz CT molecular complexity index is 832. The van der Waals surface area contributed by atoms with E-state index in [4.69, 9.17) is 5.26 Å². The minimum atomic E-state index is -3.69. The van der Waals surface area contributed by atoms with Crippen molar-refractivity contribution < 1.29 is 8.42 Å². The Hall–Kier alpha value is -2.58. The summed E-state index contributed by atoms with van der Waals surface area (Å²) in [4.78, 5) is 0.185. The Kier molecular flexibility index (Phi) is 4.64. The average molecular weight is 312 g/mol. The van der Waals surface area contributed by atoms with Gasteiger partial charge in [-0.3, -0.25) is 4.72 Å². The van der Waals surface area contributed by atoms with Crippen molar-refractivity contribution in [2.45, 2.75) is 18.2 Å². The van der Waals surface area contributed by atoms with E-state index in [9.17, 15) is 8.42 Å². The molecule has 0 spiro atoms. The number of allylic oxidation sites excluding steroid dienone is 1. The third-order valence-electron chi connectivity index (χ3n) is 3.18. The van der Waals surface area contributed by atoms with Gasteiger partial charge in [-0.2, -0.15) is 5.26 Å². The van der Waals surface area contributed by atoms with Gasteiger partial charge in [0.1, 0.15) is 0 Å².